The second-order valence-electron chi connectivity index (χ2n) is 2.94. The summed E-state index contributed by atoms with van der Waals surface area (Å²) in [5.74, 6) is -0.720. The summed E-state index contributed by atoms with van der Waals surface area (Å²) >= 11 is 3.05. The first-order valence-electron chi connectivity index (χ1n) is 4.17. The molecule has 0 fully saturated rings. The number of rotatable bonds is 4. The van der Waals surface area contributed by atoms with E-state index in [-0.39, 0.29) is 11.4 Å². The molecule has 0 saturated carbocycles. The molecule has 0 bridgehead atoms. The quantitative estimate of drug-likeness (QED) is 0.669. The van der Waals surface area contributed by atoms with Gasteiger partial charge >= 0.3 is 0 Å². The predicted molar refractivity (Wildman–Crippen MR) is 63.8 cm³/mol. The second kappa shape index (κ2) is 5.11. The Morgan fingerprint density at radius 1 is 1.53 bits per heavy atom. The predicted octanol–water partition coefficient (Wildman–Crippen LogP) is 1.62. The van der Waals surface area contributed by atoms with Crippen molar-refractivity contribution < 1.29 is 13.3 Å². The Labute approximate surface area is 105 Å². The van der Waals surface area contributed by atoms with E-state index in [1.165, 1.54) is 18.2 Å². The highest BCUT2D eigenvalue weighted by atomic mass is 79.9. The Balaban J connectivity index is 3.11. The zero-order valence-corrected chi connectivity index (χ0v) is 10.7. The van der Waals surface area contributed by atoms with Gasteiger partial charge in [-0.05, 0) is 22.0 Å². The number of nitriles is 1. The third-order valence-corrected chi connectivity index (χ3v) is 3.41. The van der Waals surface area contributed by atoms with Crippen LogP contribution < -0.4 is 4.72 Å². The Kier molecular flexibility index (Phi) is 4.03. The van der Waals surface area contributed by atoms with Crippen LogP contribution in [-0.2, 0) is 10.0 Å². The highest BCUT2D eigenvalue weighted by Gasteiger charge is 2.15. The molecule has 9 heteroatoms. The molecule has 1 aromatic rings. The Bertz CT molecular complexity index is 593. The fourth-order valence-corrected chi connectivity index (χ4v) is 2.22. The SMILES string of the molecule is N#CCS(=O)(=O)Nc1cc([N+](=O)[O-])ccc1Br. The van der Waals surface area contributed by atoms with Gasteiger partial charge in [-0.2, -0.15) is 5.26 Å². The first kappa shape index (κ1) is 13.4. The summed E-state index contributed by atoms with van der Waals surface area (Å²) in [4.78, 5) is 9.87. The smallest absolute Gasteiger partial charge is 0.271 e. The van der Waals surface area contributed by atoms with Crippen LogP contribution in [0.4, 0.5) is 11.4 Å². The van der Waals surface area contributed by atoms with E-state index < -0.39 is 20.7 Å². The largest absolute Gasteiger partial charge is 0.281 e. The lowest BCUT2D eigenvalue weighted by atomic mass is 10.3. The van der Waals surface area contributed by atoms with E-state index in [0.29, 0.717) is 4.47 Å². The van der Waals surface area contributed by atoms with Gasteiger partial charge in [-0.3, -0.25) is 14.8 Å². The molecule has 0 amide bonds. The number of nitrogens with one attached hydrogen (secondary N) is 1. The number of anilines is 1. The van der Waals surface area contributed by atoms with Crippen LogP contribution in [0.1, 0.15) is 0 Å². The van der Waals surface area contributed by atoms with Gasteiger partial charge < -0.3 is 0 Å². The number of non-ortho nitro benzene ring substituents is 1. The van der Waals surface area contributed by atoms with Crippen molar-refractivity contribution in [2.75, 3.05) is 10.5 Å². The lowest BCUT2D eigenvalue weighted by Gasteiger charge is -2.06. The van der Waals surface area contributed by atoms with Gasteiger partial charge in [0.1, 0.15) is 0 Å². The maximum absolute atomic E-state index is 11.3. The third kappa shape index (κ3) is 3.69. The monoisotopic (exact) mass is 319 g/mol. The van der Waals surface area contributed by atoms with Gasteiger partial charge in [0.15, 0.2) is 5.75 Å². The first-order valence-corrected chi connectivity index (χ1v) is 6.61. The van der Waals surface area contributed by atoms with Crippen LogP contribution in [0, 0.1) is 21.4 Å². The molecule has 0 aliphatic rings. The van der Waals surface area contributed by atoms with Crippen LogP contribution in [-0.4, -0.2) is 19.1 Å². The molecule has 0 aliphatic heterocycles. The van der Waals surface area contributed by atoms with Crippen molar-refractivity contribution in [1.29, 1.82) is 5.26 Å². The summed E-state index contributed by atoms with van der Waals surface area (Å²) in [6, 6.07) is 5.13. The van der Waals surface area contributed by atoms with Crippen molar-refractivity contribution in [2.24, 2.45) is 0 Å². The third-order valence-electron chi connectivity index (χ3n) is 1.68. The summed E-state index contributed by atoms with van der Waals surface area (Å²) in [7, 11) is -3.81. The van der Waals surface area contributed by atoms with Crippen LogP contribution in [0.3, 0.4) is 0 Å². The maximum Gasteiger partial charge on any atom is 0.271 e. The summed E-state index contributed by atoms with van der Waals surface area (Å²) in [5.41, 5.74) is -0.225. The van der Waals surface area contributed by atoms with Gasteiger partial charge in [0.2, 0.25) is 10.0 Å². The fourth-order valence-electron chi connectivity index (χ4n) is 0.994. The molecular formula is C8H6BrN3O4S. The van der Waals surface area contributed by atoms with Gasteiger partial charge in [0, 0.05) is 16.6 Å². The summed E-state index contributed by atoms with van der Waals surface area (Å²) in [5, 5.41) is 18.8. The number of benzene rings is 1. The lowest BCUT2D eigenvalue weighted by molar-refractivity contribution is -0.384. The van der Waals surface area contributed by atoms with Crippen LogP contribution in [0.2, 0.25) is 0 Å². The Morgan fingerprint density at radius 2 is 2.18 bits per heavy atom. The van der Waals surface area contributed by atoms with Crippen molar-refractivity contribution in [3.8, 4) is 6.07 Å². The summed E-state index contributed by atoms with van der Waals surface area (Å²) in [6.45, 7) is 0. The molecule has 0 saturated heterocycles. The molecule has 0 aliphatic carbocycles. The minimum atomic E-state index is -3.81. The summed E-state index contributed by atoms with van der Waals surface area (Å²) in [6.07, 6.45) is 0. The molecule has 1 rings (SSSR count). The van der Waals surface area contributed by atoms with Crippen molar-refractivity contribution in [1.82, 2.24) is 0 Å². The Hall–Kier alpha value is -1.66. The number of hydrogen-bond acceptors (Lipinski definition) is 5. The van der Waals surface area contributed by atoms with Crippen molar-refractivity contribution in [3.63, 3.8) is 0 Å². The van der Waals surface area contributed by atoms with Crippen LogP contribution >= 0.6 is 15.9 Å². The van der Waals surface area contributed by atoms with E-state index >= 15 is 0 Å². The van der Waals surface area contributed by atoms with E-state index in [2.05, 4.69) is 20.7 Å². The number of sulfonamides is 1. The van der Waals surface area contributed by atoms with Gasteiger partial charge in [-0.25, -0.2) is 8.42 Å². The maximum atomic E-state index is 11.3. The first-order chi connectivity index (χ1) is 7.85. The zero-order valence-electron chi connectivity index (χ0n) is 8.25. The fraction of sp³-hybridized carbons (Fsp3) is 0.125. The van der Waals surface area contributed by atoms with Gasteiger partial charge in [0.05, 0.1) is 16.7 Å². The number of hydrogen-bond donors (Lipinski definition) is 1. The van der Waals surface area contributed by atoms with E-state index in [1.54, 1.807) is 0 Å². The molecule has 0 aromatic heterocycles. The normalized spacial score (nSPS) is 10.6. The topological polar surface area (TPSA) is 113 Å². The highest BCUT2D eigenvalue weighted by molar-refractivity contribution is 9.10. The molecule has 17 heavy (non-hydrogen) atoms. The van der Waals surface area contributed by atoms with Crippen molar-refractivity contribution in [2.45, 2.75) is 0 Å². The van der Waals surface area contributed by atoms with Crippen LogP contribution in [0.25, 0.3) is 0 Å². The molecule has 90 valence electrons. The van der Waals surface area contributed by atoms with E-state index in [0.717, 1.165) is 6.07 Å². The number of nitrogens with zero attached hydrogens (tertiary/aromatic N) is 2. The molecular weight excluding hydrogens is 314 g/mol. The average Bonchev–Trinajstić information content (AvgIpc) is 2.20. The number of nitro benzene ring substituents is 1. The molecule has 1 N–H and O–H groups in total. The molecule has 0 atom stereocenters. The van der Waals surface area contributed by atoms with Crippen LogP contribution in [0.5, 0.6) is 0 Å². The number of nitro groups is 1. The molecule has 1 aromatic carbocycles. The van der Waals surface area contributed by atoms with Crippen molar-refractivity contribution >= 4 is 37.3 Å². The molecule has 0 spiro atoms. The molecule has 7 nitrogen and oxygen atoms in total. The highest BCUT2D eigenvalue weighted by Crippen LogP contribution is 2.27. The van der Waals surface area contributed by atoms with E-state index in [9.17, 15) is 18.5 Å². The minimum absolute atomic E-state index is 0.0226. The van der Waals surface area contributed by atoms with Crippen LogP contribution in [0.15, 0.2) is 22.7 Å². The molecule has 0 radical (unpaired) electrons. The van der Waals surface area contributed by atoms with Crippen molar-refractivity contribution in [3.05, 3.63) is 32.8 Å². The van der Waals surface area contributed by atoms with Gasteiger partial charge in [-0.1, -0.05) is 0 Å². The van der Waals surface area contributed by atoms with E-state index in [1.807, 2.05) is 0 Å². The minimum Gasteiger partial charge on any atom is -0.281 e. The summed E-state index contributed by atoms with van der Waals surface area (Å²) < 4.78 is 25.1. The molecule has 0 unspecified atom stereocenters. The van der Waals surface area contributed by atoms with E-state index in [4.69, 9.17) is 5.26 Å². The zero-order chi connectivity index (χ0) is 13.1. The van der Waals surface area contributed by atoms with Gasteiger partial charge in [0.25, 0.3) is 5.69 Å². The standard InChI is InChI=1S/C8H6BrN3O4S/c9-7-2-1-6(12(13)14)5-8(7)11-17(15,16)4-3-10/h1-2,5,11H,4H2. The lowest BCUT2D eigenvalue weighted by Crippen LogP contribution is -2.15. The number of halogens is 1. The molecule has 0 heterocycles. The Morgan fingerprint density at radius 3 is 2.71 bits per heavy atom. The average molecular weight is 320 g/mol. The van der Waals surface area contributed by atoms with Gasteiger partial charge in [-0.15, -0.1) is 0 Å². The second-order valence-corrected chi connectivity index (χ2v) is 5.52.